The van der Waals surface area contributed by atoms with Crippen LogP contribution in [-0.2, 0) is 0 Å². The van der Waals surface area contributed by atoms with Crippen molar-refractivity contribution >= 4 is 35.1 Å². The maximum Gasteiger partial charge on any atom is 0.186 e. The van der Waals surface area contributed by atoms with Crippen LogP contribution in [0.3, 0.4) is 0 Å². The minimum absolute atomic E-state index is 0.511. The number of nitrogens with one attached hydrogen (secondary N) is 2. The van der Waals surface area contributed by atoms with Crippen LogP contribution in [0.25, 0.3) is 0 Å². The fraction of sp³-hybridized carbons (Fsp3) is 0.600. The van der Waals surface area contributed by atoms with Gasteiger partial charge in [-0.1, -0.05) is 18.0 Å². The van der Waals surface area contributed by atoms with E-state index in [1.165, 1.54) is 19.3 Å². The summed E-state index contributed by atoms with van der Waals surface area (Å²) < 4.78 is 0. The molecule has 0 heterocycles. The van der Waals surface area contributed by atoms with Gasteiger partial charge in [-0.15, -0.1) is 0 Å². The van der Waals surface area contributed by atoms with E-state index >= 15 is 0 Å². The van der Waals surface area contributed by atoms with Crippen molar-refractivity contribution in [3.63, 3.8) is 0 Å². The van der Waals surface area contributed by atoms with Crippen LogP contribution in [0.4, 0.5) is 0 Å². The monoisotopic (exact) mass is 245 g/mol. The molecule has 1 aliphatic rings. The van der Waals surface area contributed by atoms with Crippen LogP contribution >= 0.6 is 23.8 Å². The Labute approximate surface area is 101 Å². The van der Waals surface area contributed by atoms with Crippen molar-refractivity contribution in [3.8, 4) is 0 Å². The Kier molecular flexibility index (Phi) is 5.65. The summed E-state index contributed by atoms with van der Waals surface area (Å²) in [4.78, 5) is 0. The number of hydrazone groups is 1. The van der Waals surface area contributed by atoms with Gasteiger partial charge < -0.3 is 5.32 Å². The molecule has 1 rings (SSSR count). The van der Waals surface area contributed by atoms with Crippen LogP contribution in [-0.4, -0.2) is 18.4 Å². The van der Waals surface area contributed by atoms with Gasteiger partial charge in [0.15, 0.2) is 5.11 Å². The smallest absolute Gasteiger partial charge is 0.186 e. The van der Waals surface area contributed by atoms with Gasteiger partial charge in [-0.2, -0.15) is 5.10 Å². The van der Waals surface area contributed by atoms with Crippen molar-refractivity contribution in [3.05, 3.63) is 10.6 Å². The summed E-state index contributed by atoms with van der Waals surface area (Å²) in [7, 11) is 1.75. The zero-order valence-corrected chi connectivity index (χ0v) is 10.4. The molecule has 1 aliphatic carbocycles. The number of halogens is 1. The molecule has 0 saturated carbocycles. The number of nitrogens with zero attached hydrogens (tertiary/aromatic N) is 1. The van der Waals surface area contributed by atoms with Gasteiger partial charge in [0.1, 0.15) is 0 Å². The number of allylic oxidation sites excluding steroid dienone is 2. The molecule has 0 unspecified atom stereocenters. The molecule has 0 atom stereocenters. The van der Waals surface area contributed by atoms with Gasteiger partial charge in [-0.05, 0) is 43.5 Å². The lowest BCUT2D eigenvalue weighted by molar-refractivity contribution is 0.713. The zero-order valence-electron chi connectivity index (χ0n) is 8.85. The summed E-state index contributed by atoms with van der Waals surface area (Å²) in [6, 6.07) is 0. The van der Waals surface area contributed by atoms with E-state index in [0.717, 1.165) is 23.4 Å². The minimum atomic E-state index is 0.511. The van der Waals surface area contributed by atoms with Crippen molar-refractivity contribution in [2.75, 3.05) is 7.05 Å². The molecule has 5 heteroatoms. The molecule has 0 spiro atoms. The SMILES string of the molecule is CNC(=S)N/N=C/C1=C(Cl)CCCCC1. The standard InChI is InChI=1S/C10H16ClN3S/c1-12-10(15)14-13-7-8-5-3-2-4-6-9(8)11/h7H,2-6H2,1H3,(H2,12,14,15)/b13-7+. The first kappa shape index (κ1) is 12.5. The molecule has 2 N–H and O–H groups in total. The topological polar surface area (TPSA) is 36.4 Å². The van der Waals surface area contributed by atoms with Crippen LogP contribution in [0.1, 0.15) is 32.1 Å². The number of rotatable bonds is 2. The molecule has 0 aromatic rings. The number of thiocarbonyl (C=S) groups is 1. The molecular weight excluding hydrogens is 230 g/mol. The Hall–Kier alpha value is -0.610. The van der Waals surface area contributed by atoms with E-state index in [1.54, 1.807) is 13.3 Å². The molecule has 0 saturated heterocycles. The first-order valence-corrected chi connectivity index (χ1v) is 5.91. The van der Waals surface area contributed by atoms with Crippen molar-refractivity contribution in [2.45, 2.75) is 32.1 Å². The molecule has 15 heavy (non-hydrogen) atoms. The van der Waals surface area contributed by atoms with Gasteiger partial charge in [0.05, 0.1) is 6.21 Å². The fourth-order valence-corrected chi connectivity index (χ4v) is 1.76. The number of hydrogen-bond donors (Lipinski definition) is 2. The van der Waals surface area contributed by atoms with Gasteiger partial charge in [-0.25, -0.2) is 0 Å². The van der Waals surface area contributed by atoms with E-state index in [4.69, 9.17) is 23.8 Å². The third-order valence-corrected chi connectivity index (χ3v) is 3.03. The summed E-state index contributed by atoms with van der Waals surface area (Å²) in [5, 5.41) is 8.27. The molecule has 0 aromatic heterocycles. The van der Waals surface area contributed by atoms with Crippen LogP contribution < -0.4 is 10.7 Å². The van der Waals surface area contributed by atoms with Gasteiger partial charge in [0.25, 0.3) is 0 Å². The Morgan fingerprint density at radius 3 is 2.87 bits per heavy atom. The predicted octanol–water partition coefficient (Wildman–Crippen LogP) is 2.52. The Bertz CT molecular complexity index is 286. The second kappa shape index (κ2) is 6.80. The van der Waals surface area contributed by atoms with Crippen molar-refractivity contribution in [1.82, 2.24) is 10.7 Å². The third kappa shape index (κ3) is 4.62. The second-order valence-electron chi connectivity index (χ2n) is 3.44. The molecule has 3 nitrogen and oxygen atoms in total. The third-order valence-electron chi connectivity index (χ3n) is 2.30. The lowest BCUT2D eigenvalue weighted by atomic mass is 10.1. The quantitative estimate of drug-likeness (QED) is 0.446. The zero-order chi connectivity index (χ0) is 11.1. The van der Waals surface area contributed by atoms with Crippen LogP contribution in [0, 0.1) is 0 Å². The lowest BCUT2D eigenvalue weighted by Gasteiger charge is -2.02. The highest BCUT2D eigenvalue weighted by atomic mass is 35.5. The largest absolute Gasteiger partial charge is 0.364 e. The highest BCUT2D eigenvalue weighted by molar-refractivity contribution is 7.80. The lowest BCUT2D eigenvalue weighted by Crippen LogP contribution is -2.28. The second-order valence-corrected chi connectivity index (χ2v) is 4.30. The summed E-state index contributed by atoms with van der Waals surface area (Å²) in [6.45, 7) is 0. The van der Waals surface area contributed by atoms with Crippen LogP contribution in [0.5, 0.6) is 0 Å². The molecule has 0 aliphatic heterocycles. The average Bonchev–Trinajstić information content (AvgIpc) is 2.44. The first-order valence-electron chi connectivity index (χ1n) is 5.12. The van der Waals surface area contributed by atoms with Crippen LogP contribution in [0.2, 0.25) is 0 Å². The fourth-order valence-electron chi connectivity index (χ4n) is 1.43. The van der Waals surface area contributed by atoms with E-state index in [0.29, 0.717) is 5.11 Å². The summed E-state index contributed by atoms with van der Waals surface area (Å²) in [5.74, 6) is 0. The van der Waals surface area contributed by atoms with Gasteiger partial charge in [0, 0.05) is 12.1 Å². The van der Waals surface area contributed by atoms with Crippen LogP contribution in [0.15, 0.2) is 15.7 Å². The first-order chi connectivity index (χ1) is 7.24. The summed E-state index contributed by atoms with van der Waals surface area (Å²) in [6.07, 6.45) is 7.37. The Morgan fingerprint density at radius 1 is 1.40 bits per heavy atom. The van der Waals surface area contributed by atoms with Crippen molar-refractivity contribution in [2.24, 2.45) is 5.10 Å². The average molecular weight is 246 g/mol. The van der Waals surface area contributed by atoms with Gasteiger partial charge in [0.2, 0.25) is 0 Å². The van der Waals surface area contributed by atoms with E-state index < -0.39 is 0 Å². The molecule has 0 radical (unpaired) electrons. The van der Waals surface area contributed by atoms with E-state index in [2.05, 4.69) is 15.8 Å². The summed E-state index contributed by atoms with van der Waals surface area (Å²) in [5.41, 5.74) is 3.84. The normalized spacial score (nSPS) is 17.7. The van der Waals surface area contributed by atoms with Gasteiger partial charge in [-0.3, -0.25) is 5.43 Å². The molecule has 0 bridgehead atoms. The highest BCUT2D eigenvalue weighted by Crippen LogP contribution is 2.24. The molecular formula is C10H16ClN3S. The van der Waals surface area contributed by atoms with Crippen molar-refractivity contribution < 1.29 is 0 Å². The Morgan fingerprint density at radius 2 is 2.13 bits per heavy atom. The predicted molar refractivity (Wildman–Crippen MR) is 69.2 cm³/mol. The molecule has 0 amide bonds. The maximum absolute atomic E-state index is 6.15. The van der Waals surface area contributed by atoms with E-state index in [9.17, 15) is 0 Å². The van der Waals surface area contributed by atoms with Gasteiger partial charge >= 0.3 is 0 Å². The molecule has 0 fully saturated rings. The summed E-state index contributed by atoms with van der Waals surface area (Å²) >= 11 is 11.0. The van der Waals surface area contributed by atoms with E-state index in [-0.39, 0.29) is 0 Å². The number of hydrogen-bond acceptors (Lipinski definition) is 2. The van der Waals surface area contributed by atoms with Crippen molar-refractivity contribution in [1.29, 1.82) is 0 Å². The molecule has 84 valence electrons. The highest BCUT2D eigenvalue weighted by Gasteiger charge is 2.07. The molecule has 0 aromatic carbocycles. The Balaban J connectivity index is 2.50. The van der Waals surface area contributed by atoms with E-state index in [1.807, 2.05) is 0 Å². The minimum Gasteiger partial charge on any atom is -0.364 e. The maximum atomic E-state index is 6.15.